The lowest BCUT2D eigenvalue weighted by atomic mass is 10.3. The Morgan fingerprint density at radius 1 is 1.26 bits per heavy atom. The molecule has 1 N–H and O–H groups in total. The molecule has 1 aromatic carbocycles. The van der Waals surface area contributed by atoms with Gasteiger partial charge in [-0.15, -0.1) is 0 Å². The van der Waals surface area contributed by atoms with Gasteiger partial charge in [0.25, 0.3) is 10.2 Å². The summed E-state index contributed by atoms with van der Waals surface area (Å²) in [4.78, 5) is 0. The van der Waals surface area contributed by atoms with Crippen molar-refractivity contribution in [3.63, 3.8) is 0 Å². The van der Waals surface area contributed by atoms with E-state index in [4.69, 9.17) is 14.2 Å². The van der Waals surface area contributed by atoms with Crippen LogP contribution in [-0.4, -0.2) is 58.3 Å². The monoisotopic (exact) mass is 344 g/mol. The van der Waals surface area contributed by atoms with Gasteiger partial charge in [-0.1, -0.05) is 6.07 Å². The van der Waals surface area contributed by atoms with Crippen LogP contribution in [0.5, 0.6) is 11.5 Å². The molecule has 23 heavy (non-hydrogen) atoms. The van der Waals surface area contributed by atoms with E-state index in [-0.39, 0.29) is 25.4 Å². The number of nitrogens with zero attached hydrogens (tertiary/aromatic N) is 1. The van der Waals surface area contributed by atoms with Crippen LogP contribution in [0.2, 0.25) is 0 Å². The highest BCUT2D eigenvalue weighted by Crippen LogP contribution is 2.18. The van der Waals surface area contributed by atoms with E-state index in [0.29, 0.717) is 24.6 Å². The first kappa shape index (κ1) is 18.0. The van der Waals surface area contributed by atoms with E-state index in [1.54, 1.807) is 19.2 Å². The summed E-state index contributed by atoms with van der Waals surface area (Å²) in [6.45, 7) is 4.88. The third-order valence-electron chi connectivity index (χ3n) is 3.42. The van der Waals surface area contributed by atoms with Gasteiger partial charge < -0.3 is 14.2 Å². The molecule has 130 valence electrons. The second-order valence-electron chi connectivity index (χ2n) is 5.50. The largest absolute Gasteiger partial charge is 0.497 e. The summed E-state index contributed by atoms with van der Waals surface area (Å²) in [6, 6.07) is 7.17. The summed E-state index contributed by atoms with van der Waals surface area (Å²) in [5.74, 6) is 1.33. The normalized spacial score (nSPS) is 22.7. The topological polar surface area (TPSA) is 77.1 Å². The van der Waals surface area contributed by atoms with Gasteiger partial charge in [-0.25, -0.2) is 0 Å². The molecule has 1 saturated heterocycles. The molecule has 1 aliphatic rings. The lowest BCUT2D eigenvalue weighted by Gasteiger charge is -2.34. The van der Waals surface area contributed by atoms with Crippen molar-refractivity contribution >= 4 is 10.2 Å². The smallest absolute Gasteiger partial charge is 0.279 e. The number of benzene rings is 1. The zero-order valence-electron chi connectivity index (χ0n) is 13.7. The molecule has 0 radical (unpaired) electrons. The quantitative estimate of drug-likeness (QED) is 0.747. The van der Waals surface area contributed by atoms with E-state index < -0.39 is 10.2 Å². The number of hydrogen-bond donors (Lipinski definition) is 1. The van der Waals surface area contributed by atoms with Crippen molar-refractivity contribution in [2.24, 2.45) is 0 Å². The van der Waals surface area contributed by atoms with Crippen LogP contribution >= 0.6 is 0 Å². The molecule has 1 aromatic rings. The van der Waals surface area contributed by atoms with Crippen LogP contribution in [0.15, 0.2) is 24.3 Å². The van der Waals surface area contributed by atoms with E-state index in [0.717, 1.165) is 0 Å². The van der Waals surface area contributed by atoms with E-state index in [2.05, 4.69) is 4.72 Å². The second-order valence-corrected chi connectivity index (χ2v) is 7.26. The highest BCUT2D eigenvalue weighted by atomic mass is 32.2. The number of methoxy groups -OCH3 is 1. The van der Waals surface area contributed by atoms with Crippen molar-refractivity contribution in [1.29, 1.82) is 0 Å². The highest BCUT2D eigenvalue weighted by Gasteiger charge is 2.30. The Labute approximate surface area is 137 Å². The summed E-state index contributed by atoms with van der Waals surface area (Å²) < 4.78 is 44.7. The predicted molar refractivity (Wildman–Crippen MR) is 87.0 cm³/mol. The standard InChI is InChI=1S/C15H24N2O5S/c1-12-10-17(11-13(2)22-12)23(18,19)16-7-8-21-15-6-4-5-14(9-15)20-3/h4-6,9,12-13,16H,7-8,10-11H2,1-3H3/t12-,13-/m0/s1. The highest BCUT2D eigenvalue weighted by molar-refractivity contribution is 7.87. The zero-order chi connectivity index (χ0) is 16.9. The van der Waals surface area contributed by atoms with Gasteiger partial charge in [0.2, 0.25) is 0 Å². The maximum Gasteiger partial charge on any atom is 0.279 e. The van der Waals surface area contributed by atoms with Gasteiger partial charge in [-0.2, -0.15) is 17.4 Å². The number of ether oxygens (including phenoxy) is 3. The number of hydrogen-bond acceptors (Lipinski definition) is 5. The fourth-order valence-corrected chi connectivity index (χ4v) is 3.78. The third kappa shape index (κ3) is 5.35. The summed E-state index contributed by atoms with van der Waals surface area (Å²) in [7, 11) is -1.94. The van der Waals surface area contributed by atoms with Crippen molar-refractivity contribution in [2.75, 3.05) is 33.4 Å². The fraction of sp³-hybridized carbons (Fsp3) is 0.600. The van der Waals surface area contributed by atoms with Crippen molar-refractivity contribution in [2.45, 2.75) is 26.1 Å². The van der Waals surface area contributed by atoms with E-state index in [1.165, 1.54) is 4.31 Å². The maximum absolute atomic E-state index is 12.3. The molecule has 1 aliphatic heterocycles. The Morgan fingerprint density at radius 3 is 2.57 bits per heavy atom. The van der Waals surface area contributed by atoms with E-state index in [9.17, 15) is 8.42 Å². The number of morpholine rings is 1. The van der Waals surface area contributed by atoms with E-state index >= 15 is 0 Å². The average molecular weight is 344 g/mol. The van der Waals surface area contributed by atoms with Gasteiger partial charge in [0.15, 0.2) is 0 Å². The van der Waals surface area contributed by atoms with Crippen LogP contribution < -0.4 is 14.2 Å². The van der Waals surface area contributed by atoms with Crippen LogP contribution in [0.1, 0.15) is 13.8 Å². The Hall–Kier alpha value is -1.35. The zero-order valence-corrected chi connectivity index (χ0v) is 14.5. The van der Waals surface area contributed by atoms with Crippen molar-refractivity contribution in [1.82, 2.24) is 9.03 Å². The Balaban J connectivity index is 1.80. The molecule has 0 bridgehead atoms. The van der Waals surface area contributed by atoms with Gasteiger partial charge in [0.05, 0.1) is 19.3 Å². The molecule has 2 atom stereocenters. The molecule has 0 unspecified atom stereocenters. The molecule has 0 aliphatic carbocycles. The summed E-state index contributed by atoms with van der Waals surface area (Å²) in [5, 5.41) is 0. The fourth-order valence-electron chi connectivity index (χ4n) is 2.45. The summed E-state index contributed by atoms with van der Waals surface area (Å²) >= 11 is 0. The minimum Gasteiger partial charge on any atom is -0.497 e. The maximum atomic E-state index is 12.3. The molecular formula is C15H24N2O5S. The first-order valence-corrected chi connectivity index (χ1v) is 9.02. The predicted octanol–water partition coefficient (Wildman–Crippen LogP) is 1.02. The molecular weight excluding hydrogens is 320 g/mol. The molecule has 0 amide bonds. The SMILES string of the molecule is COc1cccc(OCCNS(=O)(=O)N2C[C@H](C)O[C@@H](C)C2)c1. The van der Waals surface area contributed by atoms with Crippen molar-refractivity contribution in [3.05, 3.63) is 24.3 Å². The Bertz CT molecular complexity index is 598. The molecule has 1 fully saturated rings. The van der Waals surface area contributed by atoms with E-state index in [1.807, 2.05) is 26.0 Å². The summed E-state index contributed by atoms with van der Waals surface area (Å²) in [5.41, 5.74) is 0. The second kappa shape index (κ2) is 7.96. The van der Waals surface area contributed by atoms with Crippen LogP contribution in [0, 0.1) is 0 Å². The van der Waals surface area contributed by atoms with Crippen LogP contribution in [0.25, 0.3) is 0 Å². The third-order valence-corrected chi connectivity index (χ3v) is 4.97. The van der Waals surface area contributed by atoms with Crippen LogP contribution in [0.3, 0.4) is 0 Å². The van der Waals surface area contributed by atoms with Crippen LogP contribution in [-0.2, 0) is 14.9 Å². The van der Waals surface area contributed by atoms with Gasteiger partial charge in [0.1, 0.15) is 18.1 Å². The molecule has 0 aromatic heterocycles. The lowest BCUT2D eigenvalue weighted by Crippen LogP contribution is -2.52. The number of rotatable bonds is 7. The molecule has 8 heteroatoms. The lowest BCUT2D eigenvalue weighted by molar-refractivity contribution is -0.0444. The Morgan fingerprint density at radius 2 is 1.91 bits per heavy atom. The minimum absolute atomic E-state index is 0.108. The number of nitrogens with one attached hydrogen (secondary N) is 1. The molecule has 0 saturated carbocycles. The molecule has 7 nitrogen and oxygen atoms in total. The van der Waals surface area contributed by atoms with Gasteiger partial charge in [-0.05, 0) is 26.0 Å². The van der Waals surface area contributed by atoms with Gasteiger partial charge in [-0.3, -0.25) is 0 Å². The minimum atomic E-state index is -3.52. The van der Waals surface area contributed by atoms with Gasteiger partial charge >= 0.3 is 0 Å². The first-order chi connectivity index (χ1) is 10.9. The van der Waals surface area contributed by atoms with Gasteiger partial charge in [0, 0.05) is 25.7 Å². The Kier molecular flexibility index (Phi) is 6.23. The molecule has 2 rings (SSSR count). The average Bonchev–Trinajstić information content (AvgIpc) is 2.51. The van der Waals surface area contributed by atoms with Crippen molar-refractivity contribution in [3.8, 4) is 11.5 Å². The van der Waals surface area contributed by atoms with Crippen LogP contribution in [0.4, 0.5) is 0 Å². The molecule has 0 spiro atoms. The summed E-state index contributed by atoms with van der Waals surface area (Å²) in [6.07, 6.45) is -0.216. The molecule has 1 heterocycles. The first-order valence-electron chi connectivity index (χ1n) is 7.58. The van der Waals surface area contributed by atoms with Crippen molar-refractivity contribution < 1.29 is 22.6 Å².